The third-order valence-corrected chi connectivity index (χ3v) is 28.0. The molecule has 9 aliphatic rings. The maximum atomic E-state index is 15.0. The molecule has 0 bridgehead atoms. The van der Waals surface area contributed by atoms with Crippen LogP contribution in [-0.2, 0) is 53.3 Å². The van der Waals surface area contributed by atoms with Gasteiger partial charge in [0.25, 0.3) is 0 Å². The molecule has 6 fully saturated rings. The van der Waals surface area contributed by atoms with Crippen LogP contribution in [0.4, 0.5) is 38.9 Å². The molecule has 0 amide bonds. The number of benzene rings is 6. The topological polar surface area (TPSA) is 185 Å². The number of rotatable bonds is 28. The third-order valence-electron chi connectivity index (χ3n) is 27.0. The van der Waals surface area contributed by atoms with Gasteiger partial charge in [-0.25, -0.2) is 4.39 Å². The summed E-state index contributed by atoms with van der Waals surface area (Å²) in [6, 6.07) is 35.1. The van der Waals surface area contributed by atoms with Gasteiger partial charge in [0, 0.05) is 153 Å². The molecule has 1 aliphatic carbocycles. The summed E-state index contributed by atoms with van der Waals surface area (Å²) in [4.78, 5) is 93.3. The molecule has 6 aromatic carbocycles. The van der Waals surface area contributed by atoms with E-state index in [1.165, 1.54) is 6.07 Å². The van der Waals surface area contributed by atoms with Crippen molar-refractivity contribution in [2.45, 2.75) is 135 Å². The molecule has 5 saturated heterocycles. The molecular formula is C94H105Cl3FN15O6. The number of piperidine rings is 1. The summed E-state index contributed by atoms with van der Waals surface area (Å²) >= 11 is 20.6. The number of fused-ring (bicyclic) bond motifs is 8. The van der Waals surface area contributed by atoms with Gasteiger partial charge in [0.05, 0.1) is 63.4 Å². The molecule has 25 heteroatoms. The SMILES string of the molecule is C/C=C/C(=O)C1[C@H]2CCN(c3nc(OC[C@@H]4CCCN4/C=C/C(=O)[C@@H](C)CN(C)c4nc(OCC56CCCN5CC(C/C=C/C(=O)CCN(C)c5nc(OC[C@@H]7CCCN7C)nc7c5CCN(c5cccc8ccc(F)c(Cl)c58)C7)C6)nc5c4CCN(c4cccc6cccc(Cl)c46)C5)nc4c3CCN(c3cccc5cccc(Cl)c35)C4)C[C@@H]12. The normalized spacial score (nSPS) is 22.6. The molecule has 3 aromatic heterocycles. The van der Waals surface area contributed by atoms with Gasteiger partial charge < -0.3 is 53.4 Å². The van der Waals surface area contributed by atoms with Gasteiger partial charge in [-0.1, -0.05) is 121 Å². The molecule has 18 rings (SSSR count). The van der Waals surface area contributed by atoms with Gasteiger partial charge in [-0.3, -0.25) is 19.3 Å². The predicted octanol–water partition coefficient (Wildman–Crippen LogP) is 16.0. The average Bonchev–Trinajstić information content (AvgIpc) is 1.73. The number of likely N-dealkylation sites (tertiary alicyclic amines) is 2. The molecule has 8 atom stereocenters. The van der Waals surface area contributed by atoms with E-state index in [-0.39, 0.29) is 51.8 Å². The number of carbonyl (C=O) groups excluding carboxylic acids is 3. The van der Waals surface area contributed by atoms with Gasteiger partial charge in [-0.2, -0.15) is 29.9 Å². The molecule has 0 spiro atoms. The van der Waals surface area contributed by atoms with Crippen molar-refractivity contribution in [2.75, 3.05) is 142 Å². The first-order valence-corrected chi connectivity index (χ1v) is 44.0. The number of carbonyl (C=O) groups is 3. The first kappa shape index (κ1) is 80.4. The van der Waals surface area contributed by atoms with Crippen molar-refractivity contribution in [1.29, 1.82) is 0 Å². The zero-order valence-corrected chi connectivity index (χ0v) is 71.0. The summed E-state index contributed by atoms with van der Waals surface area (Å²) in [5.74, 6) is 2.97. The summed E-state index contributed by atoms with van der Waals surface area (Å²) in [7, 11) is 6.14. The second-order valence-corrected chi connectivity index (χ2v) is 35.8. The highest BCUT2D eigenvalue weighted by Gasteiger charge is 2.56. The van der Waals surface area contributed by atoms with E-state index in [0.717, 1.165) is 210 Å². The Hall–Kier alpha value is -9.71. The van der Waals surface area contributed by atoms with Crippen LogP contribution < -0.4 is 43.6 Å². The van der Waals surface area contributed by atoms with Gasteiger partial charge in [0.2, 0.25) is 0 Å². The molecule has 9 aromatic rings. The first-order chi connectivity index (χ1) is 57.9. The molecule has 0 N–H and O–H groups in total. The molecule has 0 radical (unpaired) electrons. The molecule has 11 heterocycles. The zero-order valence-electron chi connectivity index (χ0n) is 68.7. The minimum atomic E-state index is -0.454. The highest BCUT2D eigenvalue weighted by atomic mass is 35.5. The highest BCUT2D eigenvalue weighted by Crippen LogP contribution is 2.54. The van der Waals surface area contributed by atoms with Gasteiger partial charge in [-0.15, -0.1) is 0 Å². The Bertz CT molecular complexity index is 5470. The lowest BCUT2D eigenvalue weighted by Gasteiger charge is -2.35. The fourth-order valence-electron chi connectivity index (χ4n) is 20.7. The molecule has 21 nitrogen and oxygen atoms in total. The van der Waals surface area contributed by atoms with Crippen molar-refractivity contribution in [3.8, 4) is 18.0 Å². The van der Waals surface area contributed by atoms with Crippen LogP contribution in [0.3, 0.4) is 0 Å². The lowest BCUT2D eigenvalue weighted by molar-refractivity contribution is -0.117. The standard InChI is InChI=1S/C94H105Cl3FN15O6/c1-6-16-82(116)86-67-34-47-112(52-71(67)86)90-70-37-46-110(79-29-11-21-62-19-9-27-73(96)84(62)79)55-77(70)100-92(104-90)118-57-65-24-14-41-108(65)48-38-81(115)59(2)50-107(5)89-69-36-44-109(78-28-10-20-61-18-8-26-72(95)83(61)78)53-76(69)101-93(103-89)119-58-94-39-15-42-113(94)51-60(49-94)17-7-25-66(114)33-43-106(4)88-68-35-45-111(80-30-12-22-63-31-32-74(98)87(97)85(63)80)54-75(68)99-91(102-88)117-56-64-23-13-40-105(64)3/h6-12,16,18-22,25-32,38,48,59-60,64-65,67,71,86H,13-15,17,23-24,33-37,39-47,49-58H2,1-5H3/b16-6+,25-7+,48-38+/t59-,60?,64-,65-,67-,71+,86?,94?/m0/s1. The quantitative estimate of drug-likeness (QED) is 0.0421. The van der Waals surface area contributed by atoms with Crippen LogP contribution in [0.2, 0.25) is 15.1 Å². The first-order valence-electron chi connectivity index (χ1n) is 42.9. The third kappa shape index (κ3) is 16.5. The number of likely N-dealkylation sites (N-methyl/N-ethyl adjacent to an activating group) is 1. The number of hydrogen-bond donors (Lipinski definition) is 0. The maximum Gasteiger partial charge on any atom is 0.318 e. The summed E-state index contributed by atoms with van der Waals surface area (Å²) < 4.78 is 35.1. The van der Waals surface area contributed by atoms with E-state index in [0.29, 0.717) is 131 Å². The number of halogens is 4. The van der Waals surface area contributed by atoms with Crippen LogP contribution in [0.5, 0.6) is 18.0 Å². The number of aromatic nitrogens is 6. The number of anilines is 6. The molecule has 1 saturated carbocycles. The summed E-state index contributed by atoms with van der Waals surface area (Å²) in [6.07, 6.45) is 22.2. The summed E-state index contributed by atoms with van der Waals surface area (Å²) in [6.45, 7) is 15.0. The minimum absolute atomic E-state index is 0.00157. The summed E-state index contributed by atoms with van der Waals surface area (Å²) in [5.41, 5.74) is 8.59. The van der Waals surface area contributed by atoms with Crippen LogP contribution in [0.15, 0.2) is 140 Å². The molecule has 119 heavy (non-hydrogen) atoms. The lowest BCUT2D eigenvalue weighted by atomic mass is 9.89. The second-order valence-electron chi connectivity index (χ2n) is 34.6. The Morgan fingerprint density at radius 2 is 1.18 bits per heavy atom. The number of ketones is 3. The molecule has 3 unspecified atom stereocenters. The van der Waals surface area contributed by atoms with Crippen LogP contribution in [-0.4, -0.2) is 193 Å². The van der Waals surface area contributed by atoms with Gasteiger partial charge in [-0.05, 0) is 193 Å². The van der Waals surface area contributed by atoms with Crippen LogP contribution in [0, 0.1) is 35.4 Å². The van der Waals surface area contributed by atoms with Gasteiger partial charge >= 0.3 is 18.0 Å². The highest BCUT2D eigenvalue weighted by molar-refractivity contribution is 6.38. The monoisotopic (exact) mass is 1660 g/mol. The lowest BCUT2D eigenvalue weighted by Crippen LogP contribution is -2.43. The van der Waals surface area contributed by atoms with E-state index in [2.05, 4.69) is 106 Å². The Balaban J connectivity index is 0.530. The van der Waals surface area contributed by atoms with E-state index < -0.39 is 5.82 Å². The number of allylic oxidation sites excluding steroid dienone is 5. The number of nitrogens with zero attached hydrogens (tertiary/aromatic N) is 15. The average molecular weight is 1670 g/mol. The molecular weight excluding hydrogens is 1560 g/mol. The Kier molecular flexibility index (Phi) is 23.2. The van der Waals surface area contributed by atoms with Crippen LogP contribution in [0.25, 0.3) is 32.3 Å². The second kappa shape index (κ2) is 34.4. The van der Waals surface area contributed by atoms with Crippen molar-refractivity contribution >= 4 is 119 Å². The fourth-order valence-corrected chi connectivity index (χ4v) is 21.5. The van der Waals surface area contributed by atoms with E-state index >= 15 is 0 Å². The largest absolute Gasteiger partial charge is 0.462 e. The number of ether oxygens (including phenoxy) is 3. The Morgan fingerprint density at radius 1 is 0.597 bits per heavy atom. The molecule has 8 aliphatic heterocycles. The van der Waals surface area contributed by atoms with E-state index in [9.17, 15) is 18.8 Å². The van der Waals surface area contributed by atoms with E-state index in [1.54, 1.807) is 24.3 Å². The minimum Gasteiger partial charge on any atom is -0.462 e. The number of hydrogen-bond acceptors (Lipinski definition) is 21. The zero-order chi connectivity index (χ0) is 81.7. The Morgan fingerprint density at radius 3 is 1.82 bits per heavy atom. The van der Waals surface area contributed by atoms with Crippen molar-refractivity contribution in [2.24, 2.45) is 29.6 Å². The maximum absolute atomic E-state index is 15.0. The van der Waals surface area contributed by atoms with Crippen molar-refractivity contribution in [1.82, 2.24) is 44.6 Å². The Labute approximate surface area is 711 Å². The van der Waals surface area contributed by atoms with Gasteiger partial charge in [0.1, 0.15) is 43.1 Å². The smallest absolute Gasteiger partial charge is 0.318 e. The fraction of sp³-hybridized carbons (Fsp3) is 0.457. The van der Waals surface area contributed by atoms with Crippen molar-refractivity contribution in [3.63, 3.8) is 0 Å². The van der Waals surface area contributed by atoms with Crippen molar-refractivity contribution in [3.05, 3.63) is 194 Å². The van der Waals surface area contributed by atoms with Crippen LogP contribution >= 0.6 is 34.8 Å². The predicted molar refractivity (Wildman–Crippen MR) is 471 cm³/mol. The summed E-state index contributed by atoms with van der Waals surface area (Å²) in [5, 5.41) is 7.26. The van der Waals surface area contributed by atoms with E-state index in [4.69, 9.17) is 78.9 Å². The van der Waals surface area contributed by atoms with Crippen LogP contribution in [0.1, 0.15) is 112 Å². The molecule has 620 valence electrons. The van der Waals surface area contributed by atoms with Crippen molar-refractivity contribution < 1.29 is 33.0 Å². The van der Waals surface area contributed by atoms with E-state index in [1.807, 2.05) is 82.7 Å². The van der Waals surface area contributed by atoms with Gasteiger partial charge in [0.15, 0.2) is 17.3 Å².